The highest BCUT2D eigenvalue weighted by Gasteiger charge is 2.27. The number of methoxy groups -OCH3 is 2. The summed E-state index contributed by atoms with van der Waals surface area (Å²) < 4.78 is 21.8. The van der Waals surface area contributed by atoms with Crippen molar-refractivity contribution < 1.29 is 23.8 Å². The van der Waals surface area contributed by atoms with Crippen LogP contribution >= 0.6 is 7.60 Å². The van der Waals surface area contributed by atoms with E-state index in [1.54, 1.807) is 20.5 Å². The molecule has 1 aromatic carbocycles. The maximum Gasteiger partial charge on any atom is 0.325 e. The van der Waals surface area contributed by atoms with Gasteiger partial charge in [0, 0.05) is 17.4 Å². The first-order valence-corrected chi connectivity index (χ1v) is 10.6. The minimum Gasteiger partial charge on any atom is -0.493 e. The first kappa shape index (κ1) is 19.1. The summed E-state index contributed by atoms with van der Waals surface area (Å²) in [6, 6.07) is 3.80. The molecule has 1 saturated carbocycles. The van der Waals surface area contributed by atoms with E-state index in [0.717, 1.165) is 42.3 Å². The first-order chi connectivity index (χ1) is 12.4. The minimum atomic E-state index is -3.90. The lowest BCUT2D eigenvalue weighted by Crippen LogP contribution is -2.16. The molecule has 2 aromatic rings. The molecule has 2 N–H and O–H groups in total. The van der Waals surface area contributed by atoms with Crippen molar-refractivity contribution in [3.05, 3.63) is 24.2 Å². The highest BCUT2D eigenvalue weighted by atomic mass is 31.2. The monoisotopic (exact) mass is 380 g/mol. The zero-order valence-electron chi connectivity index (χ0n) is 15.1. The zero-order chi connectivity index (χ0) is 18.7. The standard InChI is InChI=1S/C18H25N2O5P/c1-24-16-9-14-15(10-17(16)25-2)19-11-20-18(14)13-5-3-12(4-6-13)7-8-26(21,22)23/h9-13H,3-8H2,1-2H3,(H2,21,22,23). The molecular weight excluding hydrogens is 355 g/mol. The summed E-state index contributed by atoms with van der Waals surface area (Å²) in [5, 5.41) is 0.976. The largest absolute Gasteiger partial charge is 0.493 e. The third kappa shape index (κ3) is 4.34. The molecule has 0 radical (unpaired) electrons. The molecule has 0 spiro atoms. The number of hydrogen-bond acceptors (Lipinski definition) is 5. The SMILES string of the molecule is COc1cc2ncnc(C3CCC(CCP(=O)(O)O)CC3)c2cc1OC. The maximum absolute atomic E-state index is 11.1. The fraction of sp³-hybridized carbons (Fsp3) is 0.556. The molecule has 7 nitrogen and oxygen atoms in total. The van der Waals surface area contributed by atoms with Crippen LogP contribution in [0.25, 0.3) is 10.9 Å². The van der Waals surface area contributed by atoms with Crippen molar-refractivity contribution in [2.45, 2.75) is 38.0 Å². The van der Waals surface area contributed by atoms with Crippen LogP contribution in [-0.2, 0) is 4.57 Å². The van der Waals surface area contributed by atoms with Crippen LogP contribution < -0.4 is 9.47 Å². The maximum atomic E-state index is 11.1. The van der Waals surface area contributed by atoms with E-state index in [1.807, 2.05) is 12.1 Å². The molecule has 0 saturated heterocycles. The van der Waals surface area contributed by atoms with E-state index in [4.69, 9.17) is 19.3 Å². The Labute approximate surface area is 152 Å². The summed E-state index contributed by atoms with van der Waals surface area (Å²) >= 11 is 0. The van der Waals surface area contributed by atoms with Gasteiger partial charge in [-0.25, -0.2) is 9.97 Å². The van der Waals surface area contributed by atoms with Crippen LogP contribution in [0.4, 0.5) is 0 Å². The molecular formula is C18H25N2O5P. The lowest BCUT2D eigenvalue weighted by Gasteiger charge is -2.28. The van der Waals surface area contributed by atoms with Gasteiger partial charge in [0.05, 0.1) is 31.6 Å². The van der Waals surface area contributed by atoms with Crippen molar-refractivity contribution in [1.29, 1.82) is 0 Å². The van der Waals surface area contributed by atoms with Gasteiger partial charge in [-0.1, -0.05) is 0 Å². The van der Waals surface area contributed by atoms with E-state index in [1.165, 1.54) is 0 Å². The predicted molar refractivity (Wildman–Crippen MR) is 98.9 cm³/mol. The fourth-order valence-corrected chi connectivity index (χ4v) is 4.51. The number of nitrogens with zero attached hydrogens (tertiary/aromatic N) is 2. The van der Waals surface area contributed by atoms with Crippen LogP contribution in [0.5, 0.6) is 11.5 Å². The van der Waals surface area contributed by atoms with E-state index in [-0.39, 0.29) is 6.16 Å². The van der Waals surface area contributed by atoms with Gasteiger partial charge < -0.3 is 19.3 Å². The Hall–Kier alpha value is -1.69. The third-order valence-electron chi connectivity index (χ3n) is 5.23. The van der Waals surface area contributed by atoms with Crippen LogP contribution in [0.1, 0.15) is 43.7 Å². The van der Waals surface area contributed by atoms with Crippen LogP contribution in [0.3, 0.4) is 0 Å². The van der Waals surface area contributed by atoms with Crippen LogP contribution in [0.2, 0.25) is 0 Å². The molecule has 3 rings (SSSR count). The van der Waals surface area contributed by atoms with Gasteiger partial charge in [-0.3, -0.25) is 4.57 Å². The van der Waals surface area contributed by atoms with Crippen LogP contribution in [-0.4, -0.2) is 40.1 Å². The zero-order valence-corrected chi connectivity index (χ0v) is 16.0. The Bertz CT molecular complexity index is 815. The Balaban J connectivity index is 1.78. The molecule has 142 valence electrons. The van der Waals surface area contributed by atoms with Crippen molar-refractivity contribution in [3.8, 4) is 11.5 Å². The fourth-order valence-electron chi connectivity index (χ4n) is 3.80. The van der Waals surface area contributed by atoms with E-state index < -0.39 is 7.60 Å². The number of hydrogen-bond donors (Lipinski definition) is 2. The highest BCUT2D eigenvalue weighted by molar-refractivity contribution is 7.51. The molecule has 0 atom stereocenters. The molecule has 1 aliphatic rings. The Kier molecular flexibility index (Phi) is 5.80. The lowest BCUT2D eigenvalue weighted by atomic mass is 9.78. The molecule has 0 amide bonds. The van der Waals surface area contributed by atoms with E-state index in [2.05, 4.69) is 9.97 Å². The third-order valence-corrected chi connectivity index (χ3v) is 6.07. The van der Waals surface area contributed by atoms with Gasteiger partial charge in [0.15, 0.2) is 11.5 Å². The summed E-state index contributed by atoms with van der Waals surface area (Å²) in [5.41, 5.74) is 1.85. The van der Waals surface area contributed by atoms with Crippen molar-refractivity contribution in [2.24, 2.45) is 5.92 Å². The topological polar surface area (TPSA) is 102 Å². The van der Waals surface area contributed by atoms with Gasteiger partial charge >= 0.3 is 7.60 Å². The number of ether oxygens (including phenoxy) is 2. The Morgan fingerprint density at radius 1 is 1.08 bits per heavy atom. The number of fused-ring (bicyclic) bond motifs is 1. The second kappa shape index (κ2) is 7.91. The van der Waals surface area contributed by atoms with Crippen molar-refractivity contribution in [2.75, 3.05) is 20.4 Å². The summed E-state index contributed by atoms with van der Waals surface area (Å²) in [6.07, 6.45) is 6.01. The number of rotatable bonds is 6. The van der Waals surface area contributed by atoms with Crippen molar-refractivity contribution in [3.63, 3.8) is 0 Å². The summed E-state index contributed by atoms with van der Waals surface area (Å²) in [6.45, 7) is 0. The molecule has 0 unspecified atom stereocenters. The minimum absolute atomic E-state index is 0.0181. The molecule has 1 fully saturated rings. The lowest BCUT2D eigenvalue weighted by molar-refractivity contribution is 0.307. The van der Waals surface area contributed by atoms with Gasteiger partial charge in [0.1, 0.15) is 6.33 Å². The molecule has 0 bridgehead atoms. The smallest absolute Gasteiger partial charge is 0.325 e. The summed E-state index contributed by atoms with van der Waals surface area (Å²) in [5.74, 6) is 2.00. The molecule has 0 aliphatic heterocycles. The van der Waals surface area contributed by atoms with E-state index in [0.29, 0.717) is 29.8 Å². The molecule has 8 heteroatoms. The summed E-state index contributed by atoms with van der Waals surface area (Å²) in [4.78, 5) is 27.0. The Morgan fingerprint density at radius 3 is 2.35 bits per heavy atom. The molecule has 1 aromatic heterocycles. The van der Waals surface area contributed by atoms with Crippen molar-refractivity contribution in [1.82, 2.24) is 9.97 Å². The molecule has 1 heterocycles. The predicted octanol–water partition coefficient (Wildman–Crippen LogP) is 3.49. The van der Waals surface area contributed by atoms with Crippen LogP contribution in [0, 0.1) is 5.92 Å². The normalized spacial score (nSPS) is 20.9. The quantitative estimate of drug-likeness (QED) is 0.740. The van der Waals surface area contributed by atoms with Crippen LogP contribution in [0.15, 0.2) is 18.5 Å². The molecule has 1 aliphatic carbocycles. The highest BCUT2D eigenvalue weighted by Crippen LogP contribution is 2.43. The first-order valence-electron chi connectivity index (χ1n) is 8.82. The average molecular weight is 380 g/mol. The number of aromatic nitrogens is 2. The van der Waals surface area contributed by atoms with Gasteiger partial charge in [-0.2, -0.15) is 0 Å². The second-order valence-corrected chi connectivity index (χ2v) is 8.65. The van der Waals surface area contributed by atoms with Gasteiger partial charge in [-0.15, -0.1) is 0 Å². The molecule has 26 heavy (non-hydrogen) atoms. The van der Waals surface area contributed by atoms with Gasteiger partial charge in [-0.05, 0) is 44.1 Å². The van der Waals surface area contributed by atoms with E-state index in [9.17, 15) is 4.57 Å². The second-order valence-electron chi connectivity index (χ2n) is 6.88. The summed E-state index contributed by atoms with van der Waals surface area (Å²) in [7, 11) is -0.689. The van der Waals surface area contributed by atoms with Gasteiger partial charge in [0.2, 0.25) is 0 Å². The van der Waals surface area contributed by atoms with E-state index >= 15 is 0 Å². The Morgan fingerprint density at radius 2 is 1.73 bits per heavy atom. The van der Waals surface area contributed by atoms with Crippen molar-refractivity contribution >= 4 is 18.5 Å². The number of benzene rings is 1. The average Bonchev–Trinajstić information content (AvgIpc) is 2.64. The van der Waals surface area contributed by atoms with Gasteiger partial charge in [0.25, 0.3) is 0 Å².